The molecule has 40 heavy (non-hydrogen) atoms. The van der Waals surface area contributed by atoms with Gasteiger partial charge in [-0.1, -0.05) is 29.8 Å². The van der Waals surface area contributed by atoms with Crippen LogP contribution in [0.1, 0.15) is 27.4 Å². The number of nitrogens with zero attached hydrogens (tertiary/aromatic N) is 1. The minimum absolute atomic E-state index is 0.0326. The molecule has 0 spiro atoms. The third kappa shape index (κ3) is 6.13. The van der Waals surface area contributed by atoms with Crippen LogP contribution in [0.25, 0.3) is 6.08 Å². The lowest BCUT2D eigenvalue weighted by Gasteiger charge is -2.15. The Labute approximate surface area is 242 Å². The van der Waals surface area contributed by atoms with Crippen LogP contribution in [0, 0.1) is 6.92 Å². The Bertz CT molecular complexity index is 1530. The van der Waals surface area contributed by atoms with E-state index in [2.05, 4.69) is 31.3 Å². The number of carbonyl (C=O) groups is 4. The third-order valence-corrected chi connectivity index (χ3v) is 7.21. The first-order chi connectivity index (χ1) is 19.1. The number of ether oxygens (including phenoxy) is 3. The molecule has 13 heteroatoms. The van der Waals surface area contributed by atoms with Crippen LogP contribution in [0.2, 0.25) is 5.02 Å². The highest BCUT2D eigenvalue weighted by molar-refractivity contribution is 9.10. The minimum Gasteiger partial charge on any atom is -0.493 e. The molecule has 1 saturated heterocycles. The zero-order valence-corrected chi connectivity index (χ0v) is 23.8. The van der Waals surface area contributed by atoms with Crippen molar-refractivity contribution in [2.24, 2.45) is 0 Å². The minimum atomic E-state index is -0.681. The molecule has 4 rings (SSSR count). The van der Waals surface area contributed by atoms with Crippen molar-refractivity contribution in [1.29, 1.82) is 0 Å². The number of para-hydroxylation sites is 1. The van der Waals surface area contributed by atoms with Crippen molar-refractivity contribution < 1.29 is 37.8 Å². The Hall–Kier alpha value is -4.29. The van der Waals surface area contributed by atoms with Crippen molar-refractivity contribution in [3.63, 3.8) is 0 Å². The molecule has 0 aliphatic carbocycles. The second kappa shape index (κ2) is 12.3. The Morgan fingerprint density at radius 2 is 1.93 bits per heavy atom. The van der Waals surface area contributed by atoms with Gasteiger partial charge in [-0.25, -0.2) is 9.59 Å². The first-order valence-electron chi connectivity index (χ1n) is 11.7. The predicted molar refractivity (Wildman–Crippen MR) is 148 cm³/mol. The number of anilines is 1. The fraction of sp³-hybridized carbons (Fsp3) is 0.185. The molecule has 2 aromatic carbocycles. The summed E-state index contributed by atoms with van der Waals surface area (Å²) in [6.45, 7) is 1.32. The van der Waals surface area contributed by atoms with E-state index in [0.717, 1.165) is 10.5 Å². The van der Waals surface area contributed by atoms with E-state index in [4.69, 9.17) is 25.5 Å². The van der Waals surface area contributed by atoms with Gasteiger partial charge in [-0.2, -0.15) is 0 Å². The van der Waals surface area contributed by atoms with Crippen molar-refractivity contribution in [1.82, 2.24) is 10.2 Å². The number of benzene rings is 2. The van der Waals surface area contributed by atoms with E-state index in [0.29, 0.717) is 15.7 Å². The molecule has 0 unspecified atom stereocenters. The van der Waals surface area contributed by atoms with Crippen molar-refractivity contribution in [3.8, 4) is 11.5 Å². The molecular weight excluding hydrogens is 610 g/mol. The number of methoxy groups -OCH3 is 2. The molecular formula is C27H23BrClN3O8. The normalized spacial score (nSPS) is 13.8. The quantitative estimate of drug-likeness (QED) is 0.193. The molecule has 0 atom stereocenters. The SMILES string of the molecule is COC(=O)c1ccc(CN2C(=O)N/C(=C\c3cc(OC)c(OCC(=O)Nc4ccccc4C)c(Cl)c3Br)C2=O)o1. The lowest BCUT2D eigenvalue weighted by atomic mass is 10.1. The van der Waals surface area contributed by atoms with Gasteiger partial charge in [0.1, 0.15) is 16.5 Å². The van der Waals surface area contributed by atoms with E-state index in [-0.39, 0.29) is 46.9 Å². The number of rotatable bonds is 9. The maximum absolute atomic E-state index is 13.0. The van der Waals surface area contributed by atoms with Crippen molar-refractivity contribution in [2.45, 2.75) is 13.5 Å². The van der Waals surface area contributed by atoms with Crippen LogP contribution < -0.4 is 20.1 Å². The van der Waals surface area contributed by atoms with E-state index < -0.39 is 23.8 Å². The summed E-state index contributed by atoms with van der Waals surface area (Å²) in [6, 6.07) is 11.0. The van der Waals surface area contributed by atoms with Gasteiger partial charge in [-0.05, 0) is 64.3 Å². The van der Waals surface area contributed by atoms with Crippen LogP contribution in [0.15, 0.2) is 57.1 Å². The summed E-state index contributed by atoms with van der Waals surface area (Å²) < 4.78 is 21.4. The first-order valence-corrected chi connectivity index (χ1v) is 12.9. The first kappa shape index (κ1) is 28.7. The number of hydrogen-bond acceptors (Lipinski definition) is 8. The summed E-state index contributed by atoms with van der Waals surface area (Å²) in [5.74, 6) is -1.24. The number of furan rings is 1. The summed E-state index contributed by atoms with van der Waals surface area (Å²) in [7, 11) is 2.60. The second-order valence-corrected chi connectivity index (χ2v) is 9.58. The summed E-state index contributed by atoms with van der Waals surface area (Å²) in [5, 5.41) is 5.37. The van der Waals surface area contributed by atoms with E-state index in [1.807, 2.05) is 25.1 Å². The highest BCUT2D eigenvalue weighted by atomic mass is 79.9. The number of urea groups is 1. The monoisotopic (exact) mass is 631 g/mol. The van der Waals surface area contributed by atoms with Crippen LogP contribution in [0.5, 0.6) is 11.5 Å². The van der Waals surface area contributed by atoms with Crippen molar-refractivity contribution in [3.05, 3.63) is 80.3 Å². The van der Waals surface area contributed by atoms with Gasteiger partial charge in [0, 0.05) is 10.2 Å². The molecule has 2 heterocycles. The Morgan fingerprint density at radius 3 is 2.62 bits per heavy atom. The summed E-state index contributed by atoms with van der Waals surface area (Å²) in [5.41, 5.74) is 1.92. The molecule has 208 valence electrons. The molecule has 0 bridgehead atoms. The number of nitrogens with one attached hydrogen (secondary N) is 2. The van der Waals surface area contributed by atoms with Gasteiger partial charge in [-0.15, -0.1) is 0 Å². The van der Waals surface area contributed by atoms with Gasteiger partial charge in [-0.3, -0.25) is 14.5 Å². The average molecular weight is 633 g/mol. The number of amides is 4. The van der Waals surface area contributed by atoms with Gasteiger partial charge in [0.15, 0.2) is 18.1 Å². The fourth-order valence-corrected chi connectivity index (χ4v) is 4.40. The topological polar surface area (TPSA) is 136 Å². The Morgan fingerprint density at radius 1 is 1.18 bits per heavy atom. The van der Waals surface area contributed by atoms with Crippen LogP contribution in [0.3, 0.4) is 0 Å². The van der Waals surface area contributed by atoms with Gasteiger partial charge in [0.25, 0.3) is 11.8 Å². The van der Waals surface area contributed by atoms with Crippen molar-refractivity contribution in [2.75, 3.05) is 26.1 Å². The molecule has 4 amide bonds. The van der Waals surface area contributed by atoms with Crippen LogP contribution >= 0.6 is 27.5 Å². The highest BCUT2D eigenvalue weighted by Gasteiger charge is 2.35. The zero-order chi connectivity index (χ0) is 29.0. The van der Waals surface area contributed by atoms with E-state index in [1.54, 1.807) is 6.07 Å². The number of aryl methyl sites for hydroxylation is 1. The standard InChI is InChI=1S/C27H23BrClN3O8/c1-14-6-4-5-7-17(14)30-21(33)13-39-24-20(37-2)11-15(22(28)23(24)29)10-18-25(34)32(27(36)31-18)12-16-8-9-19(40-16)26(35)38-3/h4-11H,12-13H2,1-3H3,(H,30,33)(H,31,36)/b18-10-. The zero-order valence-electron chi connectivity index (χ0n) is 21.5. The molecule has 11 nitrogen and oxygen atoms in total. The molecule has 0 radical (unpaired) electrons. The molecule has 1 fully saturated rings. The van der Waals surface area contributed by atoms with Gasteiger partial charge in [0.2, 0.25) is 5.76 Å². The van der Waals surface area contributed by atoms with E-state index in [1.165, 1.54) is 38.5 Å². The highest BCUT2D eigenvalue weighted by Crippen LogP contribution is 2.43. The second-order valence-electron chi connectivity index (χ2n) is 8.41. The van der Waals surface area contributed by atoms with Crippen LogP contribution in [-0.2, 0) is 20.9 Å². The smallest absolute Gasteiger partial charge is 0.373 e. The Balaban J connectivity index is 1.50. The molecule has 2 N–H and O–H groups in total. The summed E-state index contributed by atoms with van der Waals surface area (Å²) in [6.07, 6.45) is 1.41. The summed E-state index contributed by atoms with van der Waals surface area (Å²) >= 11 is 9.92. The molecule has 1 aliphatic heterocycles. The predicted octanol–water partition coefficient (Wildman–Crippen LogP) is 4.91. The number of halogens is 2. The number of hydrogen-bond donors (Lipinski definition) is 2. The van der Waals surface area contributed by atoms with Gasteiger partial charge in [0.05, 0.1) is 20.8 Å². The molecule has 1 aliphatic rings. The fourth-order valence-electron chi connectivity index (χ4n) is 3.73. The lowest BCUT2D eigenvalue weighted by Crippen LogP contribution is -2.30. The van der Waals surface area contributed by atoms with Gasteiger partial charge >= 0.3 is 12.0 Å². The average Bonchev–Trinajstić information content (AvgIpc) is 3.51. The van der Waals surface area contributed by atoms with E-state index >= 15 is 0 Å². The third-order valence-electron chi connectivity index (χ3n) is 5.77. The Kier molecular flexibility index (Phi) is 8.80. The largest absolute Gasteiger partial charge is 0.493 e. The number of esters is 1. The van der Waals surface area contributed by atoms with Gasteiger partial charge < -0.3 is 29.3 Å². The molecule has 3 aromatic rings. The maximum atomic E-state index is 13.0. The number of carbonyl (C=O) groups excluding carboxylic acids is 4. The van der Waals surface area contributed by atoms with E-state index in [9.17, 15) is 19.2 Å². The molecule has 1 aromatic heterocycles. The maximum Gasteiger partial charge on any atom is 0.373 e. The van der Waals surface area contributed by atoms with Crippen LogP contribution in [-0.4, -0.2) is 49.5 Å². The van der Waals surface area contributed by atoms with Crippen molar-refractivity contribution >= 4 is 63.1 Å². The van der Waals surface area contributed by atoms with Crippen LogP contribution in [0.4, 0.5) is 10.5 Å². The number of imide groups is 1. The lowest BCUT2D eigenvalue weighted by molar-refractivity contribution is -0.123. The summed E-state index contributed by atoms with van der Waals surface area (Å²) in [4.78, 5) is 50.5. The molecule has 0 saturated carbocycles.